The Bertz CT molecular complexity index is 861. The van der Waals surface area contributed by atoms with Gasteiger partial charge >= 0.3 is 0 Å². The van der Waals surface area contributed by atoms with Crippen LogP contribution in [-0.2, 0) is 4.79 Å². The molecular formula is C17H15Cl2N3O4. The molecule has 0 atom stereocenters. The summed E-state index contributed by atoms with van der Waals surface area (Å²) in [5, 5.41) is 15.4. The maximum Gasteiger partial charge on any atom is 0.277 e. The first-order valence-corrected chi connectivity index (χ1v) is 8.19. The number of carbonyl (C=O) groups excluding carboxylic acids is 1. The molecule has 26 heavy (non-hydrogen) atoms. The zero-order valence-electron chi connectivity index (χ0n) is 14.0. The maximum atomic E-state index is 11.8. The molecule has 0 unspecified atom stereocenters. The summed E-state index contributed by atoms with van der Waals surface area (Å²) in [6, 6.07) is 7.39. The van der Waals surface area contributed by atoms with Crippen molar-refractivity contribution in [2.45, 2.75) is 13.8 Å². The standard InChI is InChI=1S/C17H15Cl2N3O4/c1-10-5-14(6-11(2)17(10)19)26-9-16(23)21-20-8-12-7-13(22(24)25)3-4-15(12)18/h3-8H,9H2,1-2H3,(H,21,23). The number of carbonyl (C=O) groups is 1. The summed E-state index contributed by atoms with van der Waals surface area (Å²) >= 11 is 12.0. The summed E-state index contributed by atoms with van der Waals surface area (Å²) < 4.78 is 5.40. The van der Waals surface area contributed by atoms with Crippen molar-refractivity contribution in [1.29, 1.82) is 0 Å². The number of rotatable bonds is 6. The zero-order valence-corrected chi connectivity index (χ0v) is 15.5. The van der Waals surface area contributed by atoms with E-state index in [0.29, 0.717) is 16.3 Å². The van der Waals surface area contributed by atoms with E-state index in [4.69, 9.17) is 27.9 Å². The van der Waals surface area contributed by atoms with Crippen LogP contribution in [-0.4, -0.2) is 23.7 Å². The molecule has 7 nitrogen and oxygen atoms in total. The Morgan fingerprint density at radius 2 is 1.92 bits per heavy atom. The summed E-state index contributed by atoms with van der Waals surface area (Å²) in [4.78, 5) is 22.0. The number of nitro groups is 1. The third kappa shape index (κ3) is 5.18. The molecule has 0 heterocycles. The van der Waals surface area contributed by atoms with Gasteiger partial charge in [-0.2, -0.15) is 5.10 Å². The monoisotopic (exact) mass is 395 g/mol. The molecule has 136 valence electrons. The van der Waals surface area contributed by atoms with Gasteiger partial charge in [-0.3, -0.25) is 14.9 Å². The van der Waals surface area contributed by atoms with Crippen LogP contribution < -0.4 is 10.2 Å². The van der Waals surface area contributed by atoms with Gasteiger partial charge in [-0.15, -0.1) is 0 Å². The quantitative estimate of drug-likeness (QED) is 0.453. The third-order valence-corrected chi connectivity index (χ3v) is 4.30. The molecule has 0 aliphatic heterocycles. The molecular weight excluding hydrogens is 381 g/mol. The summed E-state index contributed by atoms with van der Waals surface area (Å²) in [6.07, 6.45) is 1.23. The van der Waals surface area contributed by atoms with E-state index in [2.05, 4.69) is 10.5 Å². The molecule has 9 heteroatoms. The SMILES string of the molecule is Cc1cc(OCC(=O)NN=Cc2cc([N+](=O)[O-])ccc2Cl)cc(C)c1Cl. The first-order chi connectivity index (χ1) is 12.3. The summed E-state index contributed by atoms with van der Waals surface area (Å²) in [5.41, 5.74) is 4.15. The molecule has 0 saturated heterocycles. The largest absolute Gasteiger partial charge is 0.484 e. The predicted octanol–water partition coefficient (Wildman–Crippen LogP) is 4.05. The average molecular weight is 396 g/mol. The molecule has 0 radical (unpaired) electrons. The predicted molar refractivity (Wildman–Crippen MR) is 100 cm³/mol. The number of nitrogens with one attached hydrogen (secondary N) is 1. The number of hydrogen-bond acceptors (Lipinski definition) is 5. The van der Waals surface area contributed by atoms with Gasteiger partial charge in [0.2, 0.25) is 0 Å². The first-order valence-electron chi connectivity index (χ1n) is 7.43. The minimum atomic E-state index is -0.545. The molecule has 0 saturated carbocycles. The highest BCUT2D eigenvalue weighted by Gasteiger charge is 2.09. The van der Waals surface area contributed by atoms with Gasteiger partial charge in [-0.1, -0.05) is 23.2 Å². The molecule has 1 N–H and O–H groups in total. The van der Waals surface area contributed by atoms with E-state index in [-0.39, 0.29) is 17.3 Å². The Morgan fingerprint density at radius 3 is 2.54 bits per heavy atom. The second-order valence-electron chi connectivity index (χ2n) is 5.42. The van der Waals surface area contributed by atoms with Crippen molar-refractivity contribution < 1.29 is 14.5 Å². The lowest BCUT2D eigenvalue weighted by molar-refractivity contribution is -0.384. The van der Waals surface area contributed by atoms with Crippen LogP contribution in [0, 0.1) is 24.0 Å². The van der Waals surface area contributed by atoms with Crippen molar-refractivity contribution in [1.82, 2.24) is 5.43 Å². The van der Waals surface area contributed by atoms with Crippen LogP contribution in [0.1, 0.15) is 16.7 Å². The molecule has 2 aromatic rings. The van der Waals surface area contributed by atoms with Gasteiger partial charge in [-0.05, 0) is 43.2 Å². The van der Waals surface area contributed by atoms with Crippen molar-refractivity contribution in [3.63, 3.8) is 0 Å². The van der Waals surface area contributed by atoms with Crippen LogP contribution in [0.4, 0.5) is 5.69 Å². The Labute approximate surface area is 159 Å². The van der Waals surface area contributed by atoms with Gasteiger partial charge < -0.3 is 4.74 Å². The molecule has 0 aliphatic carbocycles. The molecule has 0 bridgehead atoms. The van der Waals surface area contributed by atoms with E-state index < -0.39 is 10.8 Å². The lowest BCUT2D eigenvalue weighted by atomic mass is 10.1. The number of hydrazone groups is 1. The number of nitro benzene ring substituents is 1. The number of halogens is 2. The van der Waals surface area contributed by atoms with E-state index in [1.165, 1.54) is 24.4 Å². The number of amides is 1. The topological polar surface area (TPSA) is 93.8 Å². The van der Waals surface area contributed by atoms with E-state index in [1.54, 1.807) is 12.1 Å². The van der Waals surface area contributed by atoms with Gasteiger partial charge in [0, 0.05) is 27.7 Å². The molecule has 2 rings (SSSR count). The van der Waals surface area contributed by atoms with E-state index in [1.807, 2.05) is 13.8 Å². The second-order valence-corrected chi connectivity index (χ2v) is 6.20. The normalized spacial score (nSPS) is 10.8. The van der Waals surface area contributed by atoms with Gasteiger partial charge in [0.25, 0.3) is 11.6 Å². The van der Waals surface area contributed by atoms with Gasteiger partial charge in [0.1, 0.15) is 5.75 Å². The molecule has 0 aromatic heterocycles. The maximum absolute atomic E-state index is 11.8. The fourth-order valence-electron chi connectivity index (χ4n) is 2.09. The number of non-ortho nitro benzene ring substituents is 1. The molecule has 1 amide bonds. The van der Waals surface area contributed by atoms with Crippen molar-refractivity contribution in [2.75, 3.05) is 6.61 Å². The number of ether oxygens (including phenoxy) is 1. The van der Waals surface area contributed by atoms with Crippen LogP contribution in [0.25, 0.3) is 0 Å². The highest BCUT2D eigenvalue weighted by atomic mass is 35.5. The fourth-order valence-corrected chi connectivity index (χ4v) is 2.36. The number of nitrogens with zero attached hydrogens (tertiary/aromatic N) is 2. The Hall–Kier alpha value is -2.64. The lowest BCUT2D eigenvalue weighted by Crippen LogP contribution is -2.24. The smallest absolute Gasteiger partial charge is 0.277 e. The van der Waals surface area contributed by atoms with Gasteiger partial charge in [0.15, 0.2) is 6.61 Å². The van der Waals surface area contributed by atoms with Crippen LogP contribution in [0.5, 0.6) is 5.75 Å². The molecule has 0 spiro atoms. The third-order valence-electron chi connectivity index (χ3n) is 3.36. The molecule has 0 fully saturated rings. The van der Waals surface area contributed by atoms with E-state index in [9.17, 15) is 14.9 Å². The lowest BCUT2D eigenvalue weighted by Gasteiger charge is -2.09. The van der Waals surface area contributed by atoms with Crippen LogP contribution >= 0.6 is 23.2 Å². The van der Waals surface area contributed by atoms with Crippen molar-refractivity contribution in [2.24, 2.45) is 5.10 Å². The Morgan fingerprint density at radius 1 is 1.27 bits per heavy atom. The molecule has 0 aliphatic rings. The summed E-state index contributed by atoms with van der Waals surface area (Å²) in [5.74, 6) is 0.0262. The Kier molecular flexibility index (Phi) is 6.54. The first kappa shape index (κ1) is 19.7. The number of benzene rings is 2. The van der Waals surface area contributed by atoms with Crippen molar-refractivity contribution in [3.8, 4) is 5.75 Å². The number of hydrogen-bond donors (Lipinski definition) is 1. The summed E-state index contributed by atoms with van der Waals surface area (Å²) in [7, 11) is 0. The van der Waals surface area contributed by atoms with Crippen LogP contribution in [0.2, 0.25) is 10.0 Å². The minimum absolute atomic E-state index is 0.126. The highest BCUT2D eigenvalue weighted by molar-refractivity contribution is 6.33. The van der Waals surface area contributed by atoms with E-state index >= 15 is 0 Å². The van der Waals surface area contributed by atoms with Crippen LogP contribution in [0.3, 0.4) is 0 Å². The van der Waals surface area contributed by atoms with Crippen molar-refractivity contribution in [3.05, 3.63) is 67.2 Å². The van der Waals surface area contributed by atoms with Crippen molar-refractivity contribution >= 4 is 41.0 Å². The average Bonchev–Trinajstić information content (AvgIpc) is 2.59. The van der Waals surface area contributed by atoms with Crippen LogP contribution in [0.15, 0.2) is 35.4 Å². The highest BCUT2D eigenvalue weighted by Crippen LogP contribution is 2.25. The summed E-state index contributed by atoms with van der Waals surface area (Å²) in [6.45, 7) is 3.44. The van der Waals surface area contributed by atoms with E-state index in [0.717, 1.165) is 11.1 Å². The zero-order chi connectivity index (χ0) is 19.3. The molecule has 2 aromatic carbocycles. The number of aryl methyl sites for hydroxylation is 2. The second kappa shape index (κ2) is 8.64. The minimum Gasteiger partial charge on any atom is -0.484 e. The van der Waals surface area contributed by atoms with Gasteiger partial charge in [-0.25, -0.2) is 5.43 Å². The Balaban J connectivity index is 1.94. The van der Waals surface area contributed by atoms with Gasteiger partial charge in [0.05, 0.1) is 11.1 Å². The fraction of sp³-hybridized carbons (Fsp3) is 0.176.